The van der Waals surface area contributed by atoms with Gasteiger partial charge < -0.3 is 15.1 Å². The molecule has 0 spiro atoms. The second kappa shape index (κ2) is 7.43. The predicted octanol–water partition coefficient (Wildman–Crippen LogP) is 1.11. The van der Waals surface area contributed by atoms with Crippen LogP contribution in [-0.4, -0.2) is 47.3 Å². The minimum atomic E-state index is -0.846. The second-order valence-electron chi connectivity index (χ2n) is 3.79. The van der Waals surface area contributed by atoms with Crippen LogP contribution in [0.3, 0.4) is 0 Å². The molecule has 1 atom stereocenters. The molecule has 0 radical (unpaired) electrons. The van der Waals surface area contributed by atoms with Crippen LogP contribution in [0.2, 0.25) is 0 Å². The molecule has 0 aromatic heterocycles. The molecule has 15 heavy (non-hydrogen) atoms. The van der Waals surface area contributed by atoms with Gasteiger partial charge in [0.05, 0.1) is 6.10 Å². The number of carbonyl (C=O) groups is 1. The molecular weight excluding hydrogens is 194 g/mol. The Kier molecular flexibility index (Phi) is 6.99. The highest BCUT2D eigenvalue weighted by atomic mass is 16.4. The standard InChI is InChI=1S/C11H21NO3/c1-4-10(11(14)15)6-8-12(3)7-5-9(2)13/h6,9,13H,4-5,7-8H2,1-3H3,(H,14,15). The van der Waals surface area contributed by atoms with E-state index in [4.69, 9.17) is 10.2 Å². The lowest BCUT2D eigenvalue weighted by atomic mass is 10.2. The predicted molar refractivity (Wildman–Crippen MR) is 59.8 cm³/mol. The van der Waals surface area contributed by atoms with E-state index < -0.39 is 5.97 Å². The van der Waals surface area contributed by atoms with Crippen LogP contribution < -0.4 is 0 Å². The summed E-state index contributed by atoms with van der Waals surface area (Å²) in [6.45, 7) is 4.96. The number of carboxylic acids is 1. The number of aliphatic carboxylic acids is 1. The van der Waals surface area contributed by atoms with Crippen LogP contribution in [0.1, 0.15) is 26.7 Å². The summed E-state index contributed by atoms with van der Waals surface area (Å²) in [7, 11) is 1.91. The van der Waals surface area contributed by atoms with Crippen molar-refractivity contribution in [2.75, 3.05) is 20.1 Å². The number of hydrogen-bond donors (Lipinski definition) is 2. The normalized spacial score (nSPS) is 14.3. The zero-order valence-corrected chi connectivity index (χ0v) is 9.73. The third-order valence-corrected chi connectivity index (χ3v) is 2.23. The van der Waals surface area contributed by atoms with Gasteiger partial charge in [-0.25, -0.2) is 4.79 Å². The fourth-order valence-corrected chi connectivity index (χ4v) is 1.15. The highest BCUT2D eigenvalue weighted by molar-refractivity contribution is 5.86. The van der Waals surface area contributed by atoms with Crippen molar-refractivity contribution in [2.45, 2.75) is 32.8 Å². The van der Waals surface area contributed by atoms with E-state index in [1.165, 1.54) is 0 Å². The van der Waals surface area contributed by atoms with E-state index >= 15 is 0 Å². The molecule has 0 aliphatic rings. The SMILES string of the molecule is CCC(=CCN(C)CCC(C)O)C(=O)O. The van der Waals surface area contributed by atoms with Crippen LogP contribution in [0.15, 0.2) is 11.6 Å². The Morgan fingerprint density at radius 2 is 2.13 bits per heavy atom. The minimum Gasteiger partial charge on any atom is -0.478 e. The molecule has 0 aromatic rings. The number of carboxylic acid groups (broad SMARTS) is 1. The Balaban J connectivity index is 3.95. The van der Waals surface area contributed by atoms with Crippen LogP contribution in [0.25, 0.3) is 0 Å². The summed E-state index contributed by atoms with van der Waals surface area (Å²) in [5, 5.41) is 17.9. The van der Waals surface area contributed by atoms with Gasteiger partial charge >= 0.3 is 5.97 Å². The van der Waals surface area contributed by atoms with Crippen molar-refractivity contribution < 1.29 is 15.0 Å². The molecule has 4 nitrogen and oxygen atoms in total. The van der Waals surface area contributed by atoms with E-state index in [1.807, 2.05) is 18.9 Å². The summed E-state index contributed by atoms with van der Waals surface area (Å²) in [6.07, 6.45) is 2.67. The van der Waals surface area contributed by atoms with Crippen molar-refractivity contribution in [3.05, 3.63) is 11.6 Å². The Labute approximate surface area is 91.2 Å². The summed E-state index contributed by atoms with van der Waals surface area (Å²) in [5.41, 5.74) is 0.443. The number of aliphatic hydroxyl groups excluding tert-OH is 1. The molecule has 4 heteroatoms. The molecule has 2 N–H and O–H groups in total. The maximum atomic E-state index is 10.7. The average Bonchev–Trinajstić information content (AvgIpc) is 2.15. The largest absolute Gasteiger partial charge is 0.478 e. The zero-order chi connectivity index (χ0) is 11.8. The molecule has 0 bridgehead atoms. The second-order valence-corrected chi connectivity index (χ2v) is 3.79. The first-order valence-corrected chi connectivity index (χ1v) is 5.26. The first-order chi connectivity index (χ1) is 6.97. The zero-order valence-electron chi connectivity index (χ0n) is 9.73. The van der Waals surface area contributed by atoms with Crippen molar-refractivity contribution in [3.63, 3.8) is 0 Å². The topological polar surface area (TPSA) is 60.8 Å². The molecule has 0 saturated carbocycles. The molecule has 0 fully saturated rings. The minimum absolute atomic E-state index is 0.304. The summed E-state index contributed by atoms with van der Waals surface area (Å²) in [6, 6.07) is 0. The molecule has 0 aliphatic carbocycles. The summed E-state index contributed by atoms with van der Waals surface area (Å²) < 4.78 is 0. The Morgan fingerprint density at radius 3 is 2.53 bits per heavy atom. The Hall–Kier alpha value is -0.870. The quantitative estimate of drug-likeness (QED) is 0.625. The monoisotopic (exact) mass is 215 g/mol. The van der Waals surface area contributed by atoms with Crippen LogP contribution in [-0.2, 0) is 4.79 Å². The molecule has 0 aromatic carbocycles. The van der Waals surface area contributed by atoms with E-state index in [9.17, 15) is 4.79 Å². The van der Waals surface area contributed by atoms with Crippen LogP contribution in [0, 0.1) is 0 Å². The molecule has 88 valence electrons. The third-order valence-electron chi connectivity index (χ3n) is 2.23. The van der Waals surface area contributed by atoms with Gasteiger partial charge in [0.1, 0.15) is 0 Å². The fourth-order valence-electron chi connectivity index (χ4n) is 1.15. The van der Waals surface area contributed by atoms with Gasteiger partial charge in [-0.1, -0.05) is 13.0 Å². The van der Waals surface area contributed by atoms with Gasteiger partial charge in [-0.15, -0.1) is 0 Å². The number of rotatable bonds is 7. The number of hydrogen-bond acceptors (Lipinski definition) is 3. The fraction of sp³-hybridized carbons (Fsp3) is 0.727. The highest BCUT2D eigenvalue weighted by Gasteiger charge is 2.05. The lowest BCUT2D eigenvalue weighted by molar-refractivity contribution is -0.132. The van der Waals surface area contributed by atoms with Crippen LogP contribution in [0.5, 0.6) is 0 Å². The highest BCUT2D eigenvalue weighted by Crippen LogP contribution is 2.01. The Bertz CT molecular complexity index is 224. The molecule has 0 saturated heterocycles. The maximum Gasteiger partial charge on any atom is 0.331 e. The van der Waals surface area contributed by atoms with Crippen molar-refractivity contribution in [1.82, 2.24) is 4.90 Å². The van der Waals surface area contributed by atoms with Gasteiger partial charge in [0.15, 0.2) is 0 Å². The lowest BCUT2D eigenvalue weighted by Crippen LogP contribution is -2.23. The van der Waals surface area contributed by atoms with E-state index in [1.54, 1.807) is 13.0 Å². The molecule has 0 heterocycles. The van der Waals surface area contributed by atoms with Crippen molar-refractivity contribution >= 4 is 5.97 Å². The van der Waals surface area contributed by atoms with Gasteiger partial charge in [-0.2, -0.15) is 0 Å². The van der Waals surface area contributed by atoms with E-state index in [-0.39, 0.29) is 6.10 Å². The number of likely N-dealkylation sites (N-methyl/N-ethyl adjacent to an activating group) is 1. The molecule has 0 amide bonds. The number of nitrogens with zero attached hydrogens (tertiary/aromatic N) is 1. The van der Waals surface area contributed by atoms with Gasteiger partial charge in [-0.05, 0) is 26.8 Å². The first-order valence-electron chi connectivity index (χ1n) is 5.26. The summed E-state index contributed by atoms with van der Waals surface area (Å²) in [4.78, 5) is 12.7. The van der Waals surface area contributed by atoms with Crippen molar-refractivity contribution in [1.29, 1.82) is 0 Å². The lowest BCUT2D eigenvalue weighted by Gasteiger charge is -2.15. The Morgan fingerprint density at radius 1 is 1.53 bits per heavy atom. The van der Waals surface area contributed by atoms with Gasteiger partial charge in [-0.3, -0.25) is 0 Å². The van der Waals surface area contributed by atoms with Crippen molar-refractivity contribution in [3.8, 4) is 0 Å². The third kappa shape index (κ3) is 7.11. The average molecular weight is 215 g/mol. The molecule has 1 unspecified atom stereocenters. The summed E-state index contributed by atoms with van der Waals surface area (Å²) in [5.74, 6) is -0.846. The van der Waals surface area contributed by atoms with Gasteiger partial charge in [0.2, 0.25) is 0 Å². The first kappa shape index (κ1) is 14.1. The van der Waals surface area contributed by atoms with Gasteiger partial charge in [0.25, 0.3) is 0 Å². The van der Waals surface area contributed by atoms with Crippen LogP contribution in [0.4, 0.5) is 0 Å². The smallest absolute Gasteiger partial charge is 0.331 e. The van der Waals surface area contributed by atoms with Crippen molar-refractivity contribution in [2.24, 2.45) is 0 Å². The maximum absolute atomic E-state index is 10.7. The van der Waals surface area contributed by atoms with E-state index in [0.29, 0.717) is 25.0 Å². The summed E-state index contributed by atoms with van der Waals surface area (Å²) >= 11 is 0. The van der Waals surface area contributed by atoms with Gasteiger partial charge in [0, 0.05) is 18.7 Å². The van der Waals surface area contributed by atoms with Crippen LogP contribution >= 0.6 is 0 Å². The number of aliphatic hydroxyl groups is 1. The molecule has 0 rings (SSSR count). The van der Waals surface area contributed by atoms with E-state index in [0.717, 1.165) is 6.54 Å². The molecule has 0 aliphatic heterocycles. The van der Waals surface area contributed by atoms with E-state index in [2.05, 4.69) is 0 Å². The molecular formula is C11H21NO3.